The SMILES string of the molecule is Cn1ccc(C(=O)Nc2cn(C)nc2C(=O)NCc2ccco2)n1. The van der Waals surface area contributed by atoms with E-state index in [0.717, 1.165) is 0 Å². The van der Waals surface area contributed by atoms with Gasteiger partial charge in [-0.15, -0.1) is 0 Å². The fourth-order valence-corrected chi connectivity index (χ4v) is 2.13. The minimum atomic E-state index is -0.414. The van der Waals surface area contributed by atoms with Crippen molar-refractivity contribution in [2.24, 2.45) is 14.1 Å². The first-order valence-electron chi connectivity index (χ1n) is 7.18. The molecule has 0 spiro atoms. The molecule has 0 atom stereocenters. The summed E-state index contributed by atoms with van der Waals surface area (Å²) in [4.78, 5) is 24.5. The van der Waals surface area contributed by atoms with E-state index in [4.69, 9.17) is 4.42 Å². The minimum absolute atomic E-state index is 0.119. The van der Waals surface area contributed by atoms with E-state index in [-0.39, 0.29) is 17.9 Å². The lowest BCUT2D eigenvalue weighted by Gasteiger charge is -2.04. The normalized spacial score (nSPS) is 10.6. The molecular formula is C15H16N6O3. The first-order valence-corrected chi connectivity index (χ1v) is 7.18. The van der Waals surface area contributed by atoms with Crippen LogP contribution in [0, 0.1) is 0 Å². The van der Waals surface area contributed by atoms with Crippen molar-refractivity contribution >= 4 is 17.5 Å². The molecule has 9 heteroatoms. The monoisotopic (exact) mass is 328 g/mol. The molecule has 0 saturated carbocycles. The number of nitrogens with one attached hydrogen (secondary N) is 2. The largest absolute Gasteiger partial charge is 0.467 e. The van der Waals surface area contributed by atoms with Crippen LogP contribution in [0.3, 0.4) is 0 Å². The Morgan fingerprint density at radius 1 is 1.17 bits per heavy atom. The van der Waals surface area contributed by atoms with Gasteiger partial charge in [0.15, 0.2) is 11.4 Å². The summed E-state index contributed by atoms with van der Waals surface area (Å²) in [5, 5.41) is 13.5. The smallest absolute Gasteiger partial charge is 0.276 e. The van der Waals surface area contributed by atoms with Crippen LogP contribution in [0.5, 0.6) is 0 Å². The lowest BCUT2D eigenvalue weighted by Crippen LogP contribution is -2.25. The topological polar surface area (TPSA) is 107 Å². The number of carbonyl (C=O) groups excluding carboxylic acids is 2. The highest BCUT2D eigenvalue weighted by Crippen LogP contribution is 2.14. The zero-order valence-corrected chi connectivity index (χ0v) is 13.2. The summed E-state index contributed by atoms with van der Waals surface area (Å²) in [5.74, 6) is -0.203. The van der Waals surface area contributed by atoms with Gasteiger partial charge in [-0.05, 0) is 18.2 Å². The summed E-state index contributed by atoms with van der Waals surface area (Å²) >= 11 is 0. The van der Waals surface area contributed by atoms with Crippen LogP contribution in [0.4, 0.5) is 5.69 Å². The average Bonchev–Trinajstić information content (AvgIpc) is 3.26. The van der Waals surface area contributed by atoms with E-state index in [0.29, 0.717) is 11.4 Å². The van der Waals surface area contributed by atoms with Crippen molar-refractivity contribution in [3.8, 4) is 0 Å². The van der Waals surface area contributed by atoms with Gasteiger partial charge in [0.25, 0.3) is 11.8 Å². The Hall–Kier alpha value is -3.36. The van der Waals surface area contributed by atoms with Crippen molar-refractivity contribution in [3.05, 3.63) is 54.0 Å². The molecule has 0 aromatic carbocycles. The molecule has 9 nitrogen and oxygen atoms in total. The number of hydrogen-bond acceptors (Lipinski definition) is 5. The number of rotatable bonds is 5. The van der Waals surface area contributed by atoms with Gasteiger partial charge < -0.3 is 15.1 Å². The lowest BCUT2D eigenvalue weighted by atomic mass is 10.3. The highest BCUT2D eigenvalue weighted by Gasteiger charge is 2.19. The molecule has 0 fully saturated rings. The minimum Gasteiger partial charge on any atom is -0.467 e. The van der Waals surface area contributed by atoms with Crippen molar-refractivity contribution in [3.63, 3.8) is 0 Å². The second-order valence-electron chi connectivity index (χ2n) is 5.16. The second-order valence-corrected chi connectivity index (χ2v) is 5.16. The van der Waals surface area contributed by atoms with E-state index in [2.05, 4.69) is 20.8 Å². The molecule has 3 aromatic heterocycles. The van der Waals surface area contributed by atoms with E-state index < -0.39 is 11.8 Å². The molecule has 124 valence electrons. The van der Waals surface area contributed by atoms with E-state index in [1.54, 1.807) is 44.7 Å². The predicted octanol–water partition coefficient (Wildman–Crippen LogP) is 0.929. The molecule has 3 heterocycles. The molecule has 0 aliphatic heterocycles. The van der Waals surface area contributed by atoms with Gasteiger partial charge in [-0.3, -0.25) is 19.0 Å². The van der Waals surface area contributed by atoms with Crippen LogP contribution in [0.1, 0.15) is 26.7 Å². The van der Waals surface area contributed by atoms with Gasteiger partial charge in [-0.1, -0.05) is 0 Å². The highest BCUT2D eigenvalue weighted by atomic mass is 16.3. The summed E-state index contributed by atoms with van der Waals surface area (Å²) in [5.41, 5.74) is 0.682. The maximum absolute atomic E-state index is 12.3. The van der Waals surface area contributed by atoms with Crippen LogP contribution in [0.25, 0.3) is 0 Å². The maximum Gasteiger partial charge on any atom is 0.276 e. The Morgan fingerprint density at radius 3 is 2.67 bits per heavy atom. The van der Waals surface area contributed by atoms with E-state index in [9.17, 15) is 9.59 Å². The fraction of sp³-hybridized carbons (Fsp3) is 0.200. The van der Waals surface area contributed by atoms with Crippen molar-refractivity contribution < 1.29 is 14.0 Å². The van der Waals surface area contributed by atoms with Crippen LogP contribution < -0.4 is 10.6 Å². The number of carbonyl (C=O) groups is 2. The molecule has 2 amide bonds. The summed E-state index contributed by atoms with van der Waals surface area (Å²) in [6.45, 7) is 0.232. The Kier molecular flexibility index (Phi) is 4.15. The van der Waals surface area contributed by atoms with Gasteiger partial charge in [-0.2, -0.15) is 10.2 Å². The zero-order valence-electron chi connectivity index (χ0n) is 13.2. The van der Waals surface area contributed by atoms with Crippen LogP contribution in [-0.4, -0.2) is 31.4 Å². The van der Waals surface area contributed by atoms with E-state index in [1.807, 2.05) is 0 Å². The Labute approximate surface area is 137 Å². The van der Waals surface area contributed by atoms with Gasteiger partial charge in [0.05, 0.1) is 18.5 Å². The molecular weight excluding hydrogens is 312 g/mol. The van der Waals surface area contributed by atoms with Gasteiger partial charge in [-0.25, -0.2) is 0 Å². The molecule has 0 saturated heterocycles. The van der Waals surface area contributed by atoms with Gasteiger partial charge in [0.1, 0.15) is 5.76 Å². The van der Waals surface area contributed by atoms with Crippen molar-refractivity contribution in [1.82, 2.24) is 24.9 Å². The molecule has 0 aliphatic carbocycles. The summed E-state index contributed by atoms with van der Waals surface area (Å²) in [6.07, 6.45) is 4.75. The van der Waals surface area contributed by atoms with E-state index in [1.165, 1.54) is 15.6 Å². The first kappa shape index (κ1) is 15.5. The van der Waals surface area contributed by atoms with Crippen LogP contribution in [-0.2, 0) is 20.6 Å². The third-order valence-corrected chi connectivity index (χ3v) is 3.24. The molecule has 0 radical (unpaired) electrons. The number of nitrogens with zero attached hydrogens (tertiary/aromatic N) is 4. The molecule has 0 aliphatic rings. The first-order chi connectivity index (χ1) is 11.5. The number of hydrogen-bond donors (Lipinski definition) is 2. The Bertz CT molecular complexity index is 862. The average molecular weight is 328 g/mol. The molecule has 3 rings (SSSR count). The van der Waals surface area contributed by atoms with E-state index >= 15 is 0 Å². The van der Waals surface area contributed by atoms with Crippen LogP contribution in [0.2, 0.25) is 0 Å². The predicted molar refractivity (Wildman–Crippen MR) is 84.2 cm³/mol. The number of furan rings is 1. The molecule has 0 bridgehead atoms. The maximum atomic E-state index is 12.3. The summed E-state index contributed by atoms with van der Waals surface area (Å²) in [6, 6.07) is 5.07. The zero-order chi connectivity index (χ0) is 17.1. The Morgan fingerprint density at radius 2 is 2.00 bits per heavy atom. The Balaban J connectivity index is 1.72. The van der Waals surface area contributed by atoms with Crippen molar-refractivity contribution in [1.29, 1.82) is 0 Å². The molecule has 24 heavy (non-hydrogen) atoms. The van der Waals surface area contributed by atoms with Crippen LogP contribution in [0.15, 0.2) is 41.3 Å². The quantitative estimate of drug-likeness (QED) is 0.724. The molecule has 0 unspecified atom stereocenters. The van der Waals surface area contributed by atoms with Crippen molar-refractivity contribution in [2.45, 2.75) is 6.54 Å². The number of aryl methyl sites for hydroxylation is 2. The third-order valence-electron chi connectivity index (χ3n) is 3.24. The third kappa shape index (κ3) is 3.35. The van der Waals surface area contributed by atoms with Gasteiger partial charge in [0.2, 0.25) is 0 Å². The number of aromatic nitrogens is 4. The number of anilines is 1. The summed E-state index contributed by atoms with van der Waals surface area (Å²) < 4.78 is 8.14. The van der Waals surface area contributed by atoms with Crippen LogP contribution >= 0.6 is 0 Å². The summed E-state index contributed by atoms with van der Waals surface area (Å²) in [7, 11) is 3.38. The highest BCUT2D eigenvalue weighted by molar-refractivity contribution is 6.07. The molecule has 2 N–H and O–H groups in total. The van der Waals surface area contributed by atoms with Gasteiger partial charge in [0, 0.05) is 26.5 Å². The second kappa shape index (κ2) is 6.41. The fourth-order valence-electron chi connectivity index (χ4n) is 2.13. The van der Waals surface area contributed by atoms with Gasteiger partial charge >= 0.3 is 0 Å². The standard InChI is InChI=1S/C15H16N6O3/c1-20-6-5-11(18-20)14(22)17-12-9-21(2)19-13(12)15(23)16-8-10-4-3-7-24-10/h3-7,9H,8H2,1-2H3,(H,16,23)(H,17,22). The molecule has 3 aromatic rings. The lowest BCUT2D eigenvalue weighted by molar-refractivity contribution is 0.0943. The van der Waals surface area contributed by atoms with Crippen molar-refractivity contribution in [2.75, 3.05) is 5.32 Å². The number of amides is 2.